The number of rotatable bonds is 2. The fourth-order valence-corrected chi connectivity index (χ4v) is 2.75. The zero-order valence-corrected chi connectivity index (χ0v) is 12.2. The lowest BCUT2D eigenvalue weighted by Gasteiger charge is -2.38. The number of halogens is 2. The van der Waals surface area contributed by atoms with E-state index in [0.29, 0.717) is 13.0 Å². The van der Waals surface area contributed by atoms with Gasteiger partial charge in [0.25, 0.3) is 6.43 Å². The Balaban J connectivity index is 2.25. The molecule has 1 amide bonds. The second kappa shape index (κ2) is 6.83. The molecule has 2 N–H and O–H groups in total. The average Bonchev–Trinajstić information content (AvgIpc) is 2.53. The molecule has 0 saturated carbocycles. The van der Waals surface area contributed by atoms with Crippen molar-refractivity contribution in [3.05, 3.63) is 35.4 Å². The van der Waals surface area contributed by atoms with E-state index >= 15 is 0 Å². The first kappa shape index (κ1) is 16.4. The van der Waals surface area contributed by atoms with Crippen molar-refractivity contribution in [2.24, 2.45) is 11.8 Å². The van der Waals surface area contributed by atoms with E-state index in [2.05, 4.69) is 4.84 Å². The minimum absolute atomic E-state index is 0.0767. The number of hydrogen-bond acceptors (Lipinski definition) is 4. The van der Waals surface area contributed by atoms with Crippen LogP contribution < -0.4 is 5.90 Å². The maximum Gasteiger partial charge on any atom is 0.415 e. The predicted octanol–water partition coefficient (Wildman–Crippen LogP) is 2.34. The molecule has 0 aromatic heterocycles. The predicted molar refractivity (Wildman–Crippen MR) is 74.5 cm³/mol. The molecule has 0 radical (unpaired) electrons. The van der Waals surface area contributed by atoms with Crippen LogP contribution in [-0.2, 0) is 14.4 Å². The summed E-state index contributed by atoms with van der Waals surface area (Å²) in [5, 5.41) is 0. The number of piperidine rings is 1. The van der Waals surface area contributed by atoms with Crippen molar-refractivity contribution in [1.29, 1.82) is 0 Å². The fourth-order valence-electron chi connectivity index (χ4n) is 2.75. The third-order valence-corrected chi connectivity index (χ3v) is 3.93. The lowest BCUT2D eigenvalue weighted by Crippen LogP contribution is -2.45. The van der Waals surface area contributed by atoms with Gasteiger partial charge >= 0.3 is 11.9 Å². The van der Waals surface area contributed by atoms with Gasteiger partial charge in [-0.15, -0.1) is 0 Å². The summed E-state index contributed by atoms with van der Waals surface area (Å²) in [5.41, 5.74) is 0.640. The quantitative estimate of drug-likeness (QED) is 0.672. The molecule has 1 aromatic rings. The number of carbonyl (C=O) groups excluding carboxylic acids is 2. The first-order valence-electron chi connectivity index (χ1n) is 7.03. The van der Waals surface area contributed by atoms with Crippen LogP contribution in [0.25, 0.3) is 0 Å². The van der Waals surface area contributed by atoms with Crippen molar-refractivity contribution >= 4 is 11.9 Å². The van der Waals surface area contributed by atoms with Crippen LogP contribution in [0.15, 0.2) is 24.3 Å². The van der Waals surface area contributed by atoms with Crippen LogP contribution in [0.4, 0.5) is 8.78 Å². The first-order chi connectivity index (χ1) is 10.4. The van der Waals surface area contributed by atoms with Gasteiger partial charge < -0.3 is 9.74 Å². The SMILES string of the molecule is CC1CCC(c2ccc(C(F)F)cc2)N(C(=O)C(=O)ON)C1. The van der Waals surface area contributed by atoms with E-state index in [0.717, 1.165) is 12.0 Å². The maximum atomic E-state index is 12.6. The van der Waals surface area contributed by atoms with E-state index in [4.69, 9.17) is 5.90 Å². The molecule has 1 saturated heterocycles. The summed E-state index contributed by atoms with van der Waals surface area (Å²) in [6.45, 7) is 2.37. The molecular formula is C15H18F2N2O3. The summed E-state index contributed by atoms with van der Waals surface area (Å²) in [4.78, 5) is 28.9. The summed E-state index contributed by atoms with van der Waals surface area (Å²) in [6, 6.07) is 5.46. The molecule has 2 rings (SSSR count). The van der Waals surface area contributed by atoms with Crippen LogP contribution in [0.2, 0.25) is 0 Å². The largest absolute Gasteiger partial charge is 0.415 e. The highest BCUT2D eigenvalue weighted by Crippen LogP contribution is 2.34. The smallest absolute Gasteiger partial charge is 0.366 e. The summed E-state index contributed by atoms with van der Waals surface area (Å²) in [5.74, 6) is 3.08. The van der Waals surface area contributed by atoms with Crippen molar-refractivity contribution < 1.29 is 23.2 Å². The molecule has 120 valence electrons. The Morgan fingerprint density at radius 1 is 1.27 bits per heavy atom. The molecule has 2 atom stereocenters. The molecule has 1 aliphatic heterocycles. The summed E-state index contributed by atoms with van der Waals surface area (Å²) < 4.78 is 25.2. The van der Waals surface area contributed by atoms with Gasteiger partial charge in [-0.25, -0.2) is 13.6 Å². The molecule has 0 spiro atoms. The van der Waals surface area contributed by atoms with Gasteiger partial charge in [-0.2, -0.15) is 5.90 Å². The summed E-state index contributed by atoms with van der Waals surface area (Å²) in [7, 11) is 0. The molecule has 5 nitrogen and oxygen atoms in total. The Kier molecular flexibility index (Phi) is 5.07. The van der Waals surface area contributed by atoms with Crippen LogP contribution in [0.3, 0.4) is 0 Å². The van der Waals surface area contributed by atoms with E-state index in [9.17, 15) is 18.4 Å². The molecule has 0 bridgehead atoms. The zero-order chi connectivity index (χ0) is 16.3. The summed E-state index contributed by atoms with van der Waals surface area (Å²) in [6.07, 6.45) is -1.01. The van der Waals surface area contributed by atoms with Crippen LogP contribution in [-0.4, -0.2) is 23.3 Å². The zero-order valence-electron chi connectivity index (χ0n) is 12.2. The summed E-state index contributed by atoms with van der Waals surface area (Å²) >= 11 is 0. The average molecular weight is 312 g/mol. The highest BCUT2D eigenvalue weighted by Gasteiger charge is 2.34. The normalized spacial score (nSPS) is 21.8. The highest BCUT2D eigenvalue weighted by molar-refractivity contribution is 6.32. The Bertz CT molecular complexity index is 548. The molecule has 0 aliphatic carbocycles. The van der Waals surface area contributed by atoms with Crippen molar-refractivity contribution in [3.8, 4) is 0 Å². The number of carbonyl (C=O) groups is 2. The number of benzene rings is 1. The second-order valence-electron chi connectivity index (χ2n) is 5.53. The number of nitrogens with two attached hydrogens (primary N) is 1. The minimum Gasteiger partial charge on any atom is -0.366 e. The Hall–Kier alpha value is -2.02. The van der Waals surface area contributed by atoms with Gasteiger partial charge in [0.05, 0.1) is 6.04 Å². The number of likely N-dealkylation sites (tertiary alicyclic amines) is 1. The van der Waals surface area contributed by atoms with E-state index in [1.54, 1.807) is 12.1 Å². The van der Waals surface area contributed by atoms with Gasteiger partial charge in [0.1, 0.15) is 0 Å². The van der Waals surface area contributed by atoms with Crippen molar-refractivity contribution in [3.63, 3.8) is 0 Å². The lowest BCUT2D eigenvalue weighted by molar-refractivity contribution is -0.163. The van der Waals surface area contributed by atoms with Crippen molar-refractivity contribution in [1.82, 2.24) is 4.90 Å². The van der Waals surface area contributed by atoms with Crippen LogP contribution in [0.1, 0.15) is 43.4 Å². The van der Waals surface area contributed by atoms with Gasteiger partial charge in [-0.05, 0) is 24.3 Å². The molecule has 22 heavy (non-hydrogen) atoms. The van der Waals surface area contributed by atoms with Gasteiger partial charge in [0, 0.05) is 12.1 Å². The lowest BCUT2D eigenvalue weighted by atomic mass is 9.89. The number of hydrogen-bond donors (Lipinski definition) is 1. The molecule has 7 heteroatoms. The maximum absolute atomic E-state index is 12.6. The Morgan fingerprint density at radius 3 is 2.45 bits per heavy atom. The number of alkyl halides is 2. The van der Waals surface area contributed by atoms with E-state index < -0.39 is 18.3 Å². The van der Waals surface area contributed by atoms with Crippen LogP contribution in [0.5, 0.6) is 0 Å². The van der Waals surface area contributed by atoms with E-state index in [1.165, 1.54) is 17.0 Å². The molecule has 1 heterocycles. The Labute approximate surface area is 127 Å². The first-order valence-corrected chi connectivity index (χ1v) is 7.03. The van der Waals surface area contributed by atoms with Gasteiger partial charge in [0.15, 0.2) is 0 Å². The van der Waals surface area contributed by atoms with Crippen LogP contribution in [0, 0.1) is 5.92 Å². The minimum atomic E-state index is -2.54. The van der Waals surface area contributed by atoms with E-state index in [1.807, 2.05) is 6.92 Å². The third kappa shape index (κ3) is 3.41. The van der Waals surface area contributed by atoms with Gasteiger partial charge in [-0.3, -0.25) is 4.79 Å². The van der Waals surface area contributed by atoms with Crippen LogP contribution >= 0.6 is 0 Å². The van der Waals surface area contributed by atoms with Crippen molar-refractivity contribution in [2.45, 2.75) is 32.2 Å². The highest BCUT2D eigenvalue weighted by atomic mass is 19.3. The van der Waals surface area contributed by atoms with Gasteiger partial charge in [0.2, 0.25) is 0 Å². The van der Waals surface area contributed by atoms with E-state index in [-0.39, 0.29) is 17.5 Å². The molecule has 2 unspecified atom stereocenters. The molecule has 1 aliphatic rings. The van der Waals surface area contributed by atoms with Crippen molar-refractivity contribution in [2.75, 3.05) is 6.54 Å². The molecular weight excluding hydrogens is 294 g/mol. The molecule has 1 aromatic carbocycles. The Morgan fingerprint density at radius 2 is 1.91 bits per heavy atom. The second-order valence-corrected chi connectivity index (χ2v) is 5.53. The molecule has 1 fully saturated rings. The number of amides is 1. The number of nitrogens with zero attached hydrogens (tertiary/aromatic N) is 1. The standard InChI is InChI=1S/C15H18F2N2O3/c1-9-2-7-12(19(8-9)14(20)15(21)22-18)10-3-5-11(6-4-10)13(16)17/h3-6,9,12-13H,2,7-8,18H2,1H3. The monoisotopic (exact) mass is 312 g/mol. The topological polar surface area (TPSA) is 72.6 Å². The fraction of sp³-hybridized carbons (Fsp3) is 0.467. The third-order valence-electron chi connectivity index (χ3n) is 3.93. The van der Waals surface area contributed by atoms with Gasteiger partial charge in [-0.1, -0.05) is 31.2 Å².